The molecule has 0 radical (unpaired) electrons. The summed E-state index contributed by atoms with van der Waals surface area (Å²) in [5.74, 6) is -3.17. The van der Waals surface area contributed by atoms with E-state index in [4.69, 9.17) is 0 Å². The van der Waals surface area contributed by atoms with Gasteiger partial charge >= 0.3 is 0 Å². The first-order valence-electron chi connectivity index (χ1n) is 9.72. The van der Waals surface area contributed by atoms with Crippen LogP contribution in [0.1, 0.15) is 70.9 Å². The van der Waals surface area contributed by atoms with Crippen molar-refractivity contribution in [2.75, 3.05) is 6.54 Å². The van der Waals surface area contributed by atoms with Gasteiger partial charge in [-0.1, -0.05) is 13.0 Å². The van der Waals surface area contributed by atoms with Crippen LogP contribution >= 0.6 is 0 Å². The van der Waals surface area contributed by atoms with E-state index in [1.54, 1.807) is 0 Å². The molecular weight excluding hydrogens is 396 g/mol. The van der Waals surface area contributed by atoms with Crippen molar-refractivity contribution >= 4 is 12.2 Å². The number of aldehydes is 1. The van der Waals surface area contributed by atoms with E-state index in [9.17, 15) is 28.3 Å². The second-order valence-corrected chi connectivity index (χ2v) is 7.32. The zero-order chi connectivity index (χ0) is 22.0. The Bertz CT molecular complexity index is 1050. The summed E-state index contributed by atoms with van der Waals surface area (Å²) in [7, 11) is 0. The maximum absolute atomic E-state index is 13.9. The van der Waals surface area contributed by atoms with Crippen LogP contribution in [0.3, 0.4) is 0 Å². The third-order valence-corrected chi connectivity index (χ3v) is 5.24. The molecule has 2 aromatic rings. The summed E-state index contributed by atoms with van der Waals surface area (Å²) in [6, 6.07) is 2.36. The van der Waals surface area contributed by atoms with Gasteiger partial charge in [0.05, 0.1) is 11.7 Å². The molecule has 3 N–H and O–H groups in total. The van der Waals surface area contributed by atoms with Crippen molar-refractivity contribution in [3.63, 3.8) is 0 Å². The first kappa shape index (κ1) is 21.6. The summed E-state index contributed by atoms with van der Waals surface area (Å²) in [4.78, 5) is 37.2. The highest BCUT2D eigenvalue weighted by molar-refractivity contribution is 5.97. The number of carbonyl (C=O) groups excluding carboxylic acids is 2. The van der Waals surface area contributed by atoms with Gasteiger partial charge in [-0.15, -0.1) is 0 Å². The van der Waals surface area contributed by atoms with Crippen molar-refractivity contribution in [2.45, 2.75) is 45.3 Å². The van der Waals surface area contributed by atoms with E-state index in [0.717, 1.165) is 12.5 Å². The number of hydrogen-bond donors (Lipinski definition) is 3. The molecule has 0 bridgehead atoms. The first-order valence-corrected chi connectivity index (χ1v) is 9.72. The third kappa shape index (κ3) is 3.85. The van der Waals surface area contributed by atoms with E-state index in [0.29, 0.717) is 31.0 Å². The number of pyridine rings is 1. The van der Waals surface area contributed by atoms with E-state index in [2.05, 4.69) is 10.6 Å². The number of carbonyl (C=O) groups is 2. The molecule has 1 aromatic heterocycles. The second-order valence-electron chi connectivity index (χ2n) is 7.32. The molecule has 2 heterocycles. The van der Waals surface area contributed by atoms with E-state index in [1.165, 1.54) is 10.6 Å². The molecule has 3 rings (SSSR count). The lowest BCUT2D eigenvalue weighted by molar-refractivity contribution is 0.0945. The Morgan fingerprint density at radius 1 is 1.37 bits per heavy atom. The minimum Gasteiger partial charge on any atom is -0.503 e. The molecule has 1 amide bonds. The molecule has 9 heteroatoms. The highest BCUT2D eigenvalue weighted by atomic mass is 19.1. The average Bonchev–Trinajstić information content (AvgIpc) is 3.02. The number of rotatable bonds is 7. The summed E-state index contributed by atoms with van der Waals surface area (Å²) in [6.45, 7) is 4.15. The Morgan fingerprint density at radius 2 is 2.10 bits per heavy atom. The number of fused-ring (bicyclic) bond motifs is 1. The van der Waals surface area contributed by atoms with Crippen LogP contribution in [0.15, 0.2) is 23.0 Å². The zero-order valence-electron chi connectivity index (χ0n) is 16.7. The number of amides is 1. The van der Waals surface area contributed by atoms with Crippen LogP contribution in [-0.4, -0.2) is 28.4 Å². The number of benzene rings is 1. The van der Waals surface area contributed by atoms with Crippen molar-refractivity contribution in [1.29, 1.82) is 0 Å². The molecule has 30 heavy (non-hydrogen) atoms. The minimum atomic E-state index is -0.960. The highest BCUT2D eigenvalue weighted by Crippen LogP contribution is 2.38. The Morgan fingerprint density at radius 3 is 2.73 bits per heavy atom. The second kappa shape index (κ2) is 8.74. The number of hydrogen-bond acceptors (Lipinski definition) is 5. The van der Waals surface area contributed by atoms with Crippen molar-refractivity contribution < 1.29 is 23.5 Å². The first-order chi connectivity index (χ1) is 14.3. The molecule has 1 aliphatic rings. The number of nitrogens with zero attached hydrogens (tertiary/aromatic N) is 1. The van der Waals surface area contributed by atoms with Gasteiger partial charge in [0.15, 0.2) is 12.0 Å². The van der Waals surface area contributed by atoms with Gasteiger partial charge in [-0.3, -0.25) is 14.4 Å². The predicted molar refractivity (Wildman–Crippen MR) is 106 cm³/mol. The van der Waals surface area contributed by atoms with Crippen molar-refractivity contribution in [2.24, 2.45) is 0 Å². The normalized spacial score (nSPS) is 17.6. The standard InChI is InChI=1S/C21H23F2N3O4/c1-3-6-24-15-7-11(2)26-16(10-27)19(28)20(29)17(18(15)26)21(30)25-9-12-4-5-13(22)8-14(12)23/h4-5,8,10-11,15,24,28H,3,6-7,9H2,1-2H3,(H,25,30)/t11-,15?/m0/s1. The summed E-state index contributed by atoms with van der Waals surface area (Å²) in [5, 5.41) is 16.0. The van der Waals surface area contributed by atoms with Crippen molar-refractivity contribution in [3.8, 4) is 5.75 Å². The van der Waals surface area contributed by atoms with Crippen LogP contribution in [0.25, 0.3) is 0 Å². The van der Waals surface area contributed by atoms with Gasteiger partial charge in [-0.2, -0.15) is 0 Å². The van der Waals surface area contributed by atoms with Gasteiger partial charge in [0, 0.05) is 24.2 Å². The zero-order valence-corrected chi connectivity index (χ0v) is 16.7. The molecule has 0 saturated heterocycles. The van der Waals surface area contributed by atoms with Gasteiger partial charge < -0.3 is 20.3 Å². The van der Waals surface area contributed by atoms with E-state index in [1.807, 2.05) is 13.8 Å². The Balaban J connectivity index is 2.03. The Kier molecular flexibility index (Phi) is 6.31. The number of halogens is 2. The molecule has 0 fully saturated rings. The number of aromatic nitrogens is 1. The molecule has 2 atom stereocenters. The van der Waals surface area contributed by atoms with Gasteiger partial charge in [0.1, 0.15) is 22.9 Å². The van der Waals surface area contributed by atoms with Crippen LogP contribution in [-0.2, 0) is 6.54 Å². The van der Waals surface area contributed by atoms with Crippen LogP contribution in [0.5, 0.6) is 5.75 Å². The van der Waals surface area contributed by atoms with Crippen LogP contribution < -0.4 is 16.1 Å². The van der Waals surface area contributed by atoms with Gasteiger partial charge in [-0.05, 0) is 32.4 Å². The Labute approximate surface area is 171 Å². The molecule has 1 unspecified atom stereocenters. The smallest absolute Gasteiger partial charge is 0.257 e. The fourth-order valence-corrected chi connectivity index (χ4v) is 3.85. The van der Waals surface area contributed by atoms with Crippen molar-refractivity contribution in [1.82, 2.24) is 15.2 Å². The van der Waals surface area contributed by atoms with E-state index in [-0.39, 0.29) is 35.4 Å². The molecule has 0 saturated carbocycles. The lowest BCUT2D eigenvalue weighted by Crippen LogP contribution is -2.34. The average molecular weight is 419 g/mol. The lowest BCUT2D eigenvalue weighted by Gasteiger charge is -2.19. The summed E-state index contributed by atoms with van der Waals surface area (Å²) >= 11 is 0. The topological polar surface area (TPSA) is 100 Å². The lowest BCUT2D eigenvalue weighted by atomic mass is 10.0. The highest BCUT2D eigenvalue weighted by Gasteiger charge is 2.37. The largest absolute Gasteiger partial charge is 0.503 e. The monoisotopic (exact) mass is 419 g/mol. The quantitative estimate of drug-likeness (QED) is 0.599. The SMILES string of the molecule is CCCNC1C[C@H](C)n2c(C=O)c(O)c(=O)c(C(=O)NCc3ccc(F)cc3F)c21. The number of nitrogens with one attached hydrogen (secondary N) is 2. The predicted octanol–water partition coefficient (Wildman–Crippen LogP) is 2.58. The van der Waals surface area contributed by atoms with Crippen LogP contribution in [0, 0.1) is 11.6 Å². The molecule has 7 nitrogen and oxygen atoms in total. The fraction of sp³-hybridized carbons (Fsp3) is 0.381. The van der Waals surface area contributed by atoms with Crippen molar-refractivity contribution in [3.05, 3.63) is 62.6 Å². The minimum absolute atomic E-state index is 0.0456. The summed E-state index contributed by atoms with van der Waals surface area (Å²) in [5.41, 5.74) is -1.07. The molecule has 1 aromatic carbocycles. The Hall–Kier alpha value is -3.07. The molecule has 160 valence electrons. The van der Waals surface area contributed by atoms with Crippen LogP contribution in [0.4, 0.5) is 8.78 Å². The van der Waals surface area contributed by atoms with E-state index >= 15 is 0 Å². The third-order valence-electron chi connectivity index (χ3n) is 5.24. The molecule has 1 aliphatic heterocycles. The van der Waals surface area contributed by atoms with Gasteiger partial charge in [-0.25, -0.2) is 8.78 Å². The van der Waals surface area contributed by atoms with Crippen LogP contribution in [0.2, 0.25) is 0 Å². The molecule has 0 aliphatic carbocycles. The summed E-state index contributed by atoms with van der Waals surface area (Å²) in [6.07, 6.45) is 1.74. The molecular formula is C21H23F2N3O4. The fourth-order valence-electron chi connectivity index (χ4n) is 3.85. The van der Waals surface area contributed by atoms with Gasteiger partial charge in [0.25, 0.3) is 5.91 Å². The number of aromatic hydroxyl groups is 1. The maximum Gasteiger partial charge on any atom is 0.257 e. The maximum atomic E-state index is 13.9. The molecule has 0 spiro atoms. The van der Waals surface area contributed by atoms with E-state index < -0.39 is 28.7 Å². The van der Waals surface area contributed by atoms with Gasteiger partial charge in [0.2, 0.25) is 5.43 Å². The summed E-state index contributed by atoms with van der Waals surface area (Å²) < 4.78 is 28.5.